The van der Waals surface area contributed by atoms with Crippen LogP contribution in [0.15, 0.2) is 24.5 Å². The molecule has 1 N–H and O–H groups in total. The minimum absolute atomic E-state index is 0.0907. The lowest BCUT2D eigenvalue weighted by atomic mass is 9.83. The summed E-state index contributed by atoms with van der Waals surface area (Å²) < 4.78 is 0. The Bertz CT molecular complexity index is 500. The molecule has 0 bridgehead atoms. The normalized spacial score (nSPS) is 23.3. The Hall–Kier alpha value is -0.950. The summed E-state index contributed by atoms with van der Waals surface area (Å²) in [5.74, 6) is 1.01. The van der Waals surface area contributed by atoms with Gasteiger partial charge in [0.1, 0.15) is 0 Å². The number of aliphatic hydroxyl groups is 1. The summed E-state index contributed by atoms with van der Waals surface area (Å²) in [4.78, 5) is 0. The van der Waals surface area contributed by atoms with Gasteiger partial charge in [-0.05, 0) is 54.4 Å². The van der Waals surface area contributed by atoms with Crippen molar-refractivity contribution in [1.29, 1.82) is 0 Å². The van der Waals surface area contributed by atoms with Gasteiger partial charge in [-0.25, -0.2) is 0 Å². The lowest BCUT2D eigenvalue weighted by molar-refractivity contribution is 0.369. The first-order valence-corrected chi connectivity index (χ1v) is 7.74. The van der Waals surface area contributed by atoms with E-state index in [1.165, 1.54) is 48.8 Å². The van der Waals surface area contributed by atoms with Crippen LogP contribution in [0.2, 0.25) is 5.02 Å². The number of halogens is 1. The molecule has 0 radical (unpaired) electrons. The zero-order valence-electron chi connectivity index (χ0n) is 11.3. The Morgan fingerprint density at radius 2 is 1.84 bits per heavy atom. The van der Waals surface area contributed by atoms with Crippen molar-refractivity contribution in [2.45, 2.75) is 56.8 Å². The molecule has 19 heavy (non-hydrogen) atoms. The maximum Gasteiger partial charge on any atom is 0.0925 e. The van der Waals surface area contributed by atoms with Gasteiger partial charge in [0.05, 0.1) is 5.76 Å². The Morgan fingerprint density at radius 1 is 1.11 bits per heavy atom. The van der Waals surface area contributed by atoms with E-state index in [0.717, 1.165) is 17.9 Å². The first-order valence-electron chi connectivity index (χ1n) is 7.37. The van der Waals surface area contributed by atoms with Crippen molar-refractivity contribution in [3.8, 4) is 0 Å². The van der Waals surface area contributed by atoms with Gasteiger partial charge in [-0.15, -0.1) is 0 Å². The minimum atomic E-state index is 0.0907. The van der Waals surface area contributed by atoms with Gasteiger partial charge >= 0.3 is 0 Å². The molecule has 2 heteroatoms. The maximum atomic E-state index is 9.67. The van der Waals surface area contributed by atoms with Gasteiger partial charge in [-0.1, -0.05) is 43.5 Å². The molecule has 1 aromatic carbocycles. The third-order valence-electron chi connectivity index (χ3n) is 4.78. The van der Waals surface area contributed by atoms with Gasteiger partial charge in [-0.2, -0.15) is 0 Å². The SMILES string of the molecule is C=C(O)C1CCc2cc(C3CCCCC3)c(Cl)cc21. The third-order valence-corrected chi connectivity index (χ3v) is 5.11. The first kappa shape index (κ1) is 13.1. The highest BCUT2D eigenvalue weighted by atomic mass is 35.5. The highest BCUT2D eigenvalue weighted by molar-refractivity contribution is 6.31. The molecule has 1 fully saturated rings. The van der Waals surface area contributed by atoms with E-state index in [1.807, 2.05) is 0 Å². The molecule has 1 atom stereocenters. The fourth-order valence-corrected chi connectivity index (χ4v) is 4.05. The van der Waals surface area contributed by atoms with E-state index in [9.17, 15) is 5.11 Å². The summed E-state index contributed by atoms with van der Waals surface area (Å²) in [6.45, 7) is 3.69. The predicted octanol–water partition coefficient (Wildman–Crippen LogP) is 5.49. The molecular weight excluding hydrogens is 256 g/mol. The molecule has 3 rings (SSSR count). The van der Waals surface area contributed by atoms with Crippen LogP contribution in [0, 0.1) is 0 Å². The molecule has 0 spiro atoms. The molecule has 0 amide bonds. The summed E-state index contributed by atoms with van der Waals surface area (Å²) in [6, 6.07) is 4.39. The topological polar surface area (TPSA) is 20.2 Å². The molecule has 1 nitrogen and oxygen atoms in total. The van der Waals surface area contributed by atoms with Crippen LogP contribution in [0.1, 0.15) is 67.1 Å². The highest BCUT2D eigenvalue weighted by Gasteiger charge is 2.27. The molecule has 1 aromatic rings. The maximum absolute atomic E-state index is 9.67. The molecule has 2 aliphatic carbocycles. The van der Waals surface area contributed by atoms with E-state index in [1.54, 1.807) is 0 Å². The van der Waals surface area contributed by atoms with Crippen molar-refractivity contribution in [3.05, 3.63) is 46.2 Å². The van der Waals surface area contributed by atoms with Crippen molar-refractivity contribution < 1.29 is 5.11 Å². The molecule has 1 saturated carbocycles. The predicted molar refractivity (Wildman–Crippen MR) is 80.1 cm³/mol. The molecule has 2 aliphatic rings. The Kier molecular flexibility index (Phi) is 3.58. The van der Waals surface area contributed by atoms with E-state index >= 15 is 0 Å². The van der Waals surface area contributed by atoms with Gasteiger partial charge in [-0.3, -0.25) is 0 Å². The number of hydrogen-bond donors (Lipinski definition) is 1. The molecule has 0 aromatic heterocycles. The van der Waals surface area contributed by atoms with Gasteiger partial charge in [0.2, 0.25) is 0 Å². The molecular formula is C17H21ClO. The van der Waals surface area contributed by atoms with Gasteiger partial charge < -0.3 is 5.11 Å². The smallest absolute Gasteiger partial charge is 0.0925 e. The molecule has 0 aliphatic heterocycles. The van der Waals surface area contributed by atoms with E-state index in [-0.39, 0.29) is 11.7 Å². The van der Waals surface area contributed by atoms with Crippen LogP contribution in [-0.2, 0) is 6.42 Å². The second-order valence-electron chi connectivity index (χ2n) is 5.99. The first-order chi connectivity index (χ1) is 9.16. The van der Waals surface area contributed by atoms with Crippen LogP contribution in [0.5, 0.6) is 0 Å². The number of rotatable bonds is 2. The standard InChI is InChI=1S/C17H21ClO/c1-11(19)14-8-7-13-9-16(17(18)10-15(13)14)12-5-3-2-4-6-12/h9-10,12,14,19H,1-8H2. The van der Waals surface area contributed by atoms with Crippen LogP contribution in [0.4, 0.5) is 0 Å². The Morgan fingerprint density at radius 3 is 2.53 bits per heavy atom. The Balaban J connectivity index is 1.94. The van der Waals surface area contributed by atoms with Crippen molar-refractivity contribution in [2.24, 2.45) is 0 Å². The largest absolute Gasteiger partial charge is 0.512 e. The van der Waals surface area contributed by atoms with E-state index < -0.39 is 0 Å². The summed E-state index contributed by atoms with van der Waals surface area (Å²) in [5, 5.41) is 10.6. The van der Waals surface area contributed by atoms with E-state index in [4.69, 9.17) is 11.6 Å². The van der Waals surface area contributed by atoms with Crippen molar-refractivity contribution in [1.82, 2.24) is 0 Å². The number of aliphatic hydroxyl groups excluding tert-OH is 1. The number of benzene rings is 1. The molecule has 0 heterocycles. The zero-order valence-corrected chi connectivity index (χ0v) is 12.0. The fraction of sp³-hybridized carbons (Fsp3) is 0.529. The molecule has 102 valence electrons. The van der Waals surface area contributed by atoms with Gasteiger partial charge in [0.15, 0.2) is 0 Å². The van der Waals surface area contributed by atoms with Crippen LogP contribution in [0.3, 0.4) is 0 Å². The average Bonchev–Trinajstić information content (AvgIpc) is 2.81. The molecule has 1 unspecified atom stereocenters. The molecule has 0 saturated heterocycles. The lowest BCUT2D eigenvalue weighted by Crippen LogP contribution is -2.06. The summed E-state index contributed by atoms with van der Waals surface area (Å²) in [5.41, 5.74) is 3.89. The lowest BCUT2D eigenvalue weighted by Gasteiger charge is -2.24. The van der Waals surface area contributed by atoms with E-state index in [2.05, 4.69) is 18.7 Å². The Labute approximate surface area is 120 Å². The van der Waals surface area contributed by atoms with Crippen molar-refractivity contribution >= 4 is 11.6 Å². The highest BCUT2D eigenvalue weighted by Crippen LogP contribution is 2.43. The monoisotopic (exact) mass is 276 g/mol. The summed E-state index contributed by atoms with van der Waals surface area (Å²) >= 11 is 6.50. The van der Waals surface area contributed by atoms with E-state index in [0.29, 0.717) is 5.92 Å². The van der Waals surface area contributed by atoms with Crippen LogP contribution in [-0.4, -0.2) is 5.11 Å². The third kappa shape index (κ3) is 2.41. The zero-order chi connectivity index (χ0) is 13.4. The van der Waals surface area contributed by atoms with Gasteiger partial charge in [0.25, 0.3) is 0 Å². The number of allylic oxidation sites excluding steroid dienone is 1. The average molecular weight is 277 g/mol. The second-order valence-corrected chi connectivity index (χ2v) is 6.40. The minimum Gasteiger partial charge on any atom is -0.512 e. The summed E-state index contributed by atoms with van der Waals surface area (Å²) in [6.07, 6.45) is 8.57. The number of aryl methyl sites for hydroxylation is 1. The quantitative estimate of drug-likeness (QED) is 0.708. The van der Waals surface area contributed by atoms with Gasteiger partial charge in [0, 0.05) is 10.9 Å². The summed E-state index contributed by atoms with van der Waals surface area (Å²) in [7, 11) is 0. The van der Waals surface area contributed by atoms with Crippen LogP contribution in [0.25, 0.3) is 0 Å². The number of fused-ring (bicyclic) bond motifs is 1. The van der Waals surface area contributed by atoms with Crippen molar-refractivity contribution in [3.63, 3.8) is 0 Å². The van der Waals surface area contributed by atoms with Crippen molar-refractivity contribution in [2.75, 3.05) is 0 Å². The number of hydrogen-bond acceptors (Lipinski definition) is 1. The van der Waals surface area contributed by atoms with Crippen LogP contribution >= 0.6 is 11.6 Å². The van der Waals surface area contributed by atoms with Crippen LogP contribution < -0.4 is 0 Å². The second kappa shape index (κ2) is 5.20. The fourth-order valence-electron chi connectivity index (χ4n) is 3.72.